The van der Waals surface area contributed by atoms with E-state index in [2.05, 4.69) is 8.80 Å². The van der Waals surface area contributed by atoms with Gasteiger partial charge >= 0.3 is 10.2 Å². The highest BCUT2D eigenvalue weighted by molar-refractivity contribution is 7.89. The summed E-state index contributed by atoms with van der Waals surface area (Å²) >= 11 is 0. The van der Waals surface area contributed by atoms with E-state index < -0.39 is 10.2 Å². The molecule has 5 aliphatic rings. The molecule has 0 spiro atoms. The molecule has 4 bridgehead atoms. The smallest absolute Gasteiger partial charge is 0.365 e. The second kappa shape index (κ2) is 3.35. The molecule has 0 aromatic heterocycles. The molecule has 6 heteroatoms. The Morgan fingerprint density at radius 3 is 1.94 bits per heavy atom. The van der Waals surface area contributed by atoms with E-state index in [-0.39, 0.29) is 11.8 Å². The van der Waals surface area contributed by atoms with E-state index in [1.807, 2.05) is 0 Å². The summed E-state index contributed by atoms with van der Waals surface area (Å²) in [4.78, 5) is 0. The first-order chi connectivity index (χ1) is 8.52. The zero-order valence-corrected chi connectivity index (χ0v) is 10.9. The number of nitrogens with zero attached hydrogens (tertiary/aromatic N) is 2. The predicted octanol–water partition coefficient (Wildman–Crippen LogP) is 1.12. The topological polar surface area (TPSA) is 84.9 Å². The first-order valence-electron chi connectivity index (χ1n) is 6.72. The van der Waals surface area contributed by atoms with E-state index in [1.165, 1.54) is 32.1 Å². The summed E-state index contributed by atoms with van der Waals surface area (Å²) in [5.41, 5.74) is 6.35. The third-order valence-corrected chi connectivity index (χ3v) is 6.09. The largest absolute Gasteiger partial charge is 0.381 e. The highest BCUT2D eigenvalue weighted by Gasteiger charge is 2.51. The Bertz CT molecular complexity index is 536. The fraction of sp³-hybridized carbons (Fsp3) is 0.833. The summed E-state index contributed by atoms with van der Waals surface area (Å²) < 4.78 is 30.2. The Labute approximate surface area is 107 Å². The summed E-state index contributed by atoms with van der Waals surface area (Å²) in [5.74, 6) is 3.29. The first-order valence-corrected chi connectivity index (χ1v) is 8.12. The molecular formula is C12H17N3O2S. The van der Waals surface area contributed by atoms with Crippen molar-refractivity contribution in [3.8, 4) is 0 Å². The molecule has 0 saturated heterocycles. The van der Waals surface area contributed by atoms with Crippen LogP contribution in [0.2, 0.25) is 0 Å². The monoisotopic (exact) mass is 267 g/mol. The van der Waals surface area contributed by atoms with Gasteiger partial charge in [0.05, 0.1) is 0 Å². The molecule has 1 heterocycles. The average molecular weight is 267 g/mol. The molecular weight excluding hydrogens is 250 g/mol. The van der Waals surface area contributed by atoms with Crippen LogP contribution in [0.4, 0.5) is 0 Å². The van der Waals surface area contributed by atoms with Crippen molar-refractivity contribution in [2.45, 2.75) is 32.1 Å². The summed E-state index contributed by atoms with van der Waals surface area (Å²) in [5, 5.41) is 0. The van der Waals surface area contributed by atoms with E-state index in [0.29, 0.717) is 17.5 Å². The van der Waals surface area contributed by atoms with Crippen LogP contribution in [-0.4, -0.2) is 20.0 Å². The molecule has 5 nitrogen and oxygen atoms in total. The van der Waals surface area contributed by atoms with Crippen LogP contribution in [0.25, 0.3) is 0 Å². The van der Waals surface area contributed by atoms with Crippen LogP contribution in [0.3, 0.4) is 0 Å². The van der Waals surface area contributed by atoms with E-state index in [1.54, 1.807) is 0 Å². The average Bonchev–Trinajstić information content (AvgIpc) is 2.50. The lowest BCUT2D eigenvalue weighted by Gasteiger charge is -2.54. The Kier molecular flexibility index (Phi) is 2.04. The normalized spacial score (nSPS) is 48.1. The van der Waals surface area contributed by atoms with Gasteiger partial charge in [-0.3, -0.25) is 0 Å². The standard InChI is InChI=1S/C12H17N3O2S/c13-12-11(14-18(16,17)15-12)10-8-2-6-1-7(4-8)5-9(10)3-6/h6-10H,1-5H2,(H2,13,15). The minimum absolute atomic E-state index is 0.146. The molecule has 0 radical (unpaired) electrons. The molecule has 0 atom stereocenters. The molecule has 4 fully saturated rings. The van der Waals surface area contributed by atoms with Gasteiger partial charge in [0.1, 0.15) is 5.71 Å². The number of hydrogen-bond donors (Lipinski definition) is 1. The highest BCUT2D eigenvalue weighted by atomic mass is 32.2. The lowest BCUT2D eigenvalue weighted by molar-refractivity contribution is -0.00740. The Morgan fingerprint density at radius 2 is 1.50 bits per heavy atom. The van der Waals surface area contributed by atoms with Crippen molar-refractivity contribution >= 4 is 21.8 Å². The third-order valence-electron chi connectivity index (χ3n) is 5.23. The Hall–Kier alpha value is -0.910. The van der Waals surface area contributed by atoms with Crippen LogP contribution in [0.1, 0.15) is 32.1 Å². The number of rotatable bonds is 1. The number of nitrogens with two attached hydrogens (primary N) is 1. The first kappa shape index (κ1) is 11.0. The van der Waals surface area contributed by atoms with Gasteiger partial charge in [-0.05, 0) is 55.8 Å². The van der Waals surface area contributed by atoms with Gasteiger partial charge in [0.2, 0.25) is 0 Å². The molecule has 0 aromatic rings. The van der Waals surface area contributed by atoms with Crippen molar-refractivity contribution < 1.29 is 8.42 Å². The Balaban J connectivity index is 1.73. The van der Waals surface area contributed by atoms with Gasteiger partial charge in [-0.15, -0.1) is 8.80 Å². The summed E-state index contributed by atoms with van der Waals surface area (Å²) in [7, 11) is -3.68. The lowest BCUT2D eigenvalue weighted by Crippen LogP contribution is -2.50. The molecule has 4 saturated carbocycles. The second-order valence-electron chi connectivity index (χ2n) is 6.36. The van der Waals surface area contributed by atoms with Gasteiger partial charge in [0.15, 0.2) is 5.84 Å². The number of hydrogen-bond acceptors (Lipinski definition) is 3. The molecule has 98 valence electrons. The minimum Gasteiger partial charge on any atom is -0.381 e. The van der Waals surface area contributed by atoms with Gasteiger partial charge < -0.3 is 5.73 Å². The summed E-state index contributed by atoms with van der Waals surface area (Å²) in [6.07, 6.45) is 6.29. The second-order valence-corrected chi connectivity index (χ2v) is 7.62. The molecule has 2 N–H and O–H groups in total. The minimum atomic E-state index is -3.68. The summed E-state index contributed by atoms with van der Waals surface area (Å²) in [6, 6.07) is 0. The molecule has 18 heavy (non-hydrogen) atoms. The van der Waals surface area contributed by atoms with Crippen molar-refractivity contribution in [3.05, 3.63) is 0 Å². The van der Waals surface area contributed by atoms with Gasteiger partial charge in [-0.2, -0.15) is 8.42 Å². The lowest BCUT2D eigenvalue weighted by atomic mass is 9.51. The predicted molar refractivity (Wildman–Crippen MR) is 68.5 cm³/mol. The fourth-order valence-electron chi connectivity index (χ4n) is 4.97. The quantitative estimate of drug-likeness (QED) is 0.772. The molecule has 1 aliphatic heterocycles. The Morgan fingerprint density at radius 1 is 0.944 bits per heavy atom. The van der Waals surface area contributed by atoms with Crippen LogP contribution in [0.15, 0.2) is 8.80 Å². The maximum atomic E-state index is 11.4. The number of amidine groups is 1. The molecule has 4 aliphatic carbocycles. The molecule has 0 unspecified atom stereocenters. The van der Waals surface area contributed by atoms with E-state index in [9.17, 15) is 8.42 Å². The summed E-state index contributed by atoms with van der Waals surface area (Å²) in [6.45, 7) is 0. The van der Waals surface area contributed by atoms with Crippen LogP contribution in [0.5, 0.6) is 0 Å². The van der Waals surface area contributed by atoms with E-state index in [0.717, 1.165) is 11.8 Å². The SMILES string of the molecule is NC1=NS(=O)(=O)N=C1C1C2CC3CC(C2)CC1C3. The van der Waals surface area contributed by atoms with Crippen molar-refractivity contribution in [1.82, 2.24) is 0 Å². The van der Waals surface area contributed by atoms with Gasteiger partial charge in [0, 0.05) is 5.92 Å². The molecule has 0 amide bonds. The molecule has 5 rings (SSSR count). The van der Waals surface area contributed by atoms with Crippen LogP contribution in [-0.2, 0) is 10.2 Å². The third kappa shape index (κ3) is 1.47. The van der Waals surface area contributed by atoms with Crippen molar-refractivity contribution in [2.24, 2.45) is 44.1 Å². The van der Waals surface area contributed by atoms with E-state index >= 15 is 0 Å². The fourth-order valence-corrected chi connectivity index (χ4v) is 5.81. The zero-order valence-electron chi connectivity index (χ0n) is 10.1. The maximum absolute atomic E-state index is 11.4. The maximum Gasteiger partial charge on any atom is 0.365 e. The molecule has 0 aromatic carbocycles. The van der Waals surface area contributed by atoms with Crippen LogP contribution < -0.4 is 5.73 Å². The van der Waals surface area contributed by atoms with Crippen molar-refractivity contribution in [3.63, 3.8) is 0 Å². The highest BCUT2D eigenvalue weighted by Crippen LogP contribution is 2.57. The van der Waals surface area contributed by atoms with Gasteiger partial charge in [-0.25, -0.2) is 0 Å². The van der Waals surface area contributed by atoms with E-state index in [4.69, 9.17) is 5.73 Å². The van der Waals surface area contributed by atoms with Crippen LogP contribution in [0, 0.1) is 29.6 Å². The van der Waals surface area contributed by atoms with Crippen molar-refractivity contribution in [1.29, 1.82) is 0 Å². The van der Waals surface area contributed by atoms with Gasteiger partial charge in [0.25, 0.3) is 0 Å². The van der Waals surface area contributed by atoms with Gasteiger partial charge in [-0.1, -0.05) is 0 Å². The van der Waals surface area contributed by atoms with Crippen LogP contribution >= 0.6 is 0 Å². The zero-order chi connectivity index (χ0) is 12.5. The van der Waals surface area contributed by atoms with Crippen molar-refractivity contribution in [2.75, 3.05) is 0 Å².